The van der Waals surface area contributed by atoms with Gasteiger partial charge in [0.2, 0.25) is 0 Å². The molecular formula is C8H16N2. The van der Waals surface area contributed by atoms with Crippen LogP contribution in [0.15, 0.2) is 4.99 Å². The largest absolute Gasteiger partial charge is 0.363 e. The number of hydrogen-bond donors (Lipinski definition) is 0. The summed E-state index contributed by atoms with van der Waals surface area (Å²) in [7, 11) is 4.02. The maximum atomic E-state index is 4.23. The molecule has 0 radical (unpaired) electrons. The molecule has 0 unspecified atom stereocenters. The van der Waals surface area contributed by atoms with Crippen LogP contribution in [0, 0.1) is 0 Å². The van der Waals surface area contributed by atoms with Crippen molar-refractivity contribution in [3.8, 4) is 0 Å². The van der Waals surface area contributed by atoms with Crippen LogP contribution in [0.3, 0.4) is 0 Å². The van der Waals surface area contributed by atoms with Gasteiger partial charge in [0.05, 0.1) is 5.84 Å². The van der Waals surface area contributed by atoms with Crippen molar-refractivity contribution >= 4 is 5.84 Å². The molecule has 0 aromatic carbocycles. The third-order valence-electron chi connectivity index (χ3n) is 2.09. The zero-order valence-electron chi connectivity index (χ0n) is 6.93. The Morgan fingerprint density at radius 1 is 1.30 bits per heavy atom. The second-order valence-corrected chi connectivity index (χ2v) is 2.87. The van der Waals surface area contributed by atoms with E-state index in [1.165, 1.54) is 38.1 Å². The van der Waals surface area contributed by atoms with E-state index in [-0.39, 0.29) is 0 Å². The molecule has 10 heavy (non-hydrogen) atoms. The zero-order valence-corrected chi connectivity index (χ0v) is 6.93. The smallest absolute Gasteiger partial charge is 0.0982 e. The predicted molar refractivity (Wildman–Crippen MR) is 44.5 cm³/mol. The van der Waals surface area contributed by atoms with Gasteiger partial charge in [-0.05, 0) is 12.8 Å². The lowest BCUT2D eigenvalue weighted by molar-refractivity contribution is 0.494. The highest BCUT2D eigenvalue weighted by molar-refractivity contribution is 5.82. The standard InChI is InChI=1S/C8H16N2/c1-9-8-6-4-3-5-7-10(8)2/h3-7H2,1-2H3. The van der Waals surface area contributed by atoms with E-state index in [0.717, 1.165) is 0 Å². The first-order valence-corrected chi connectivity index (χ1v) is 4.01. The third-order valence-corrected chi connectivity index (χ3v) is 2.09. The van der Waals surface area contributed by atoms with Crippen LogP contribution in [-0.2, 0) is 0 Å². The second kappa shape index (κ2) is 3.59. The quantitative estimate of drug-likeness (QED) is 0.498. The maximum Gasteiger partial charge on any atom is 0.0982 e. The molecule has 1 saturated heterocycles. The fourth-order valence-corrected chi connectivity index (χ4v) is 1.41. The SMILES string of the molecule is CN=C1CCCCCN1C. The number of amidine groups is 1. The van der Waals surface area contributed by atoms with Gasteiger partial charge < -0.3 is 4.90 Å². The van der Waals surface area contributed by atoms with Crippen LogP contribution in [0.1, 0.15) is 25.7 Å². The summed E-state index contributed by atoms with van der Waals surface area (Å²) in [6.45, 7) is 1.19. The first-order valence-electron chi connectivity index (χ1n) is 4.01. The Hall–Kier alpha value is -0.530. The average Bonchev–Trinajstić information content (AvgIpc) is 2.13. The molecule has 1 aliphatic rings. The highest BCUT2D eigenvalue weighted by atomic mass is 15.2. The first-order chi connectivity index (χ1) is 4.84. The summed E-state index contributed by atoms with van der Waals surface area (Å²) < 4.78 is 0. The summed E-state index contributed by atoms with van der Waals surface area (Å²) in [6.07, 6.45) is 5.18. The molecule has 0 bridgehead atoms. The molecular weight excluding hydrogens is 124 g/mol. The molecule has 0 saturated carbocycles. The summed E-state index contributed by atoms with van der Waals surface area (Å²) >= 11 is 0. The number of likely N-dealkylation sites (tertiary alicyclic amines) is 1. The van der Waals surface area contributed by atoms with E-state index in [9.17, 15) is 0 Å². The lowest BCUT2D eigenvalue weighted by atomic mass is 10.2. The van der Waals surface area contributed by atoms with Crippen molar-refractivity contribution in [3.05, 3.63) is 0 Å². The minimum Gasteiger partial charge on any atom is -0.363 e. The predicted octanol–water partition coefficient (Wildman–Crippen LogP) is 1.52. The van der Waals surface area contributed by atoms with Crippen LogP contribution in [-0.4, -0.2) is 31.4 Å². The molecule has 0 spiro atoms. The normalized spacial score (nSPS) is 25.0. The van der Waals surface area contributed by atoms with Gasteiger partial charge in [-0.15, -0.1) is 0 Å². The van der Waals surface area contributed by atoms with E-state index in [1.54, 1.807) is 0 Å². The second-order valence-electron chi connectivity index (χ2n) is 2.87. The molecule has 58 valence electrons. The van der Waals surface area contributed by atoms with Gasteiger partial charge in [0, 0.05) is 27.1 Å². The van der Waals surface area contributed by atoms with Crippen molar-refractivity contribution in [2.75, 3.05) is 20.6 Å². The summed E-state index contributed by atoms with van der Waals surface area (Å²) in [6, 6.07) is 0. The summed E-state index contributed by atoms with van der Waals surface area (Å²) in [4.78, 5) is 6.50. The van der Waals surface area contributed by atoms with Gasteiger partial charge in [-0.3, -0.25) is 4.99 Å². The van der Waals surface area contributed by atoms with Crippen LogP contribution in [0.4, 0.5) is 0 Å². The highest BCUT2D eigenvalue weighted by Gasteiger charge is 2.08. The lowest BCUT2D eigenvalue weighted by Gasteiger charge is -2.16. The molecule has 0 atom stereocenters. The van der Waals surface area contributed by atoms with Gasteiger partial charge in [0.1, 0.15) is 0 Å². The molecule has 0 N–H and O–H groups in total. The number of rotatable bonds is 0. The Morgan fingerprint density at radius 3 is 2.80 bits per heavy atom. The monoisotopic (exact) mass is 140 g/mol. The van der Waals surface area contributed by atoms with Crippen LogP contribution in [0.5, 0.6) is 0 Å². The van der Waals surface area contributed by atoms with Gasteiger partial charge in [-0.2, -0.15) is 0 Å². The first kappa shape index (κ1) is 7.58. The van der Waals surface area contributed by atoms with Crippen molar-refractivity contribution in [3.63, 3.8) is 0 Å². The molecule has 1 aliphatic heterocycles. The molecule has 0 aliphatic carbocycles. The Morgan fingerprint density at radius 2 is 2.10 bits per heavy atom. The van der Waals surface area contributed by atoms with Crippen LogP contribution in [0.25, 0.3) is 0 Å². The summed E-state index contributed by atoms with van der Waals surface area (Å²) in [5.74, 6) is 1.28. The fourth-order valence-electron chi connectivity index (χ4n) is 1.41. The van der Waals surface area contributed by atoms with Gasteiger partial charge in [-0.25, -0.2) is 0 Å². The van der Waals surface area contributed by atoms with Crippen molar-refractivity contribution in [2.24, 2.45) is 4.99 Å². The molecule has 1 rings (SSSR count). The fraction of sp³-hybridized carbons (Fsp3) is 0.875. The summed E-state index contributed by atoms with van der Waals surface area (Å²) in [5.41, 5.74) is 0. The van der Waals surface area contributed by atoms with Gasteiger partial charge in [-0.1, -0.05) is 6.42 Å². The zero-order chi connectivity index (χ0) is 7.40. The molecule has 0 amide bonds. The van der Waals surface area contributed by atoms with Crippen LogP contribution < -0.4 is 0 Å². The Labute approximate surface area is 62.9 Å². The van der Waals surface area contributed by atoms with Crippen LogP contribution >= 0.6 is 0 Å². The van der Waals surface area contributed by atoms with Crippen molar-refractivity contribution in [2.45, 2.75) is 25.7 Å². The van der Waals surface area contributed by atoms with Crippen molar-refractivity contribution in [1.29, 1.82) is 0 Å². The highest BCUT2D eigenvalue weighted by Crippen LogP contribution is 2.09. The molecule has 2 heteroatoms. The van der Waals surface area contributed by atoms with E-state index in [0.29, 0.717) is 0 Å². The Balaban J connectivity index is 2.52. The van der Waals surface area contributed by atoms with Gasteiger partial charge in [0.25, 0.3) is 0 Å². The number of nitrogens with zero attached hydrogens (tertiary/aromatic N) is 2. The molecule has 2 nitrogen and oxygen atoms in total. The Bertz CT molecular complexity index is 129. The maximum absolute atomic E-state index is 4.23. The molecule has 1 heterocycles. The number of aliphatic imine (C=N–C) groups is 1. The minimum atomic E-state index is 1.17. The van der Waals surface area contributed by atoms with Crippen LogP contribution in [0.2, 0.25) is 0 Å². The molecule has 0 aromatic heterocycles. The topological polar surface area (TPSA) is 15.6 Å². The number of hydrogen-bond acceptors (Lipinski definition) is 1. The van der Waals surface area contributed by atoms with E-state index >= 15 is 0 Å². The van der Waals surface area contributed by atoms with Crippen molar-refractivity contribution < 1.29 is 0 Å². The third kappa shape index (κ3) is 1.72. The van der Waals surface area contributed by atoms with E-state index in [4.69, 9.17) is 0 Å². The van der Waals surface area contributed by atoms with Crippen molar-refractivity contribution in [1.82, 2.24) is 4.90 Å². The molecule has 1 fully saturated rings. The van der Waals surface area contributed by atoms with E-state index in [2.05, 4.69) is 16.9 Å². The van der Waals surface area contributed by atoms with Gasteiger partial charge >= 0.3 is 0 Å². The summed E-state index contributed by atoms with van der Waals surface area (Å²) in [5, 5.41) is 0. The van der Waals surface area contributed by atoms with Gasteiger partial charge in [0.15, 0.2) is 0 Å². The molecule has 0 aromatic rings. The lowest BCUT2D eigenvalue weighted by Crippen LogP contribution is -2.25. The van der Waals surface area contributed by atoms with E-state index < -0.39 is 0 Å². The average molecular weight is 140 g/mol. The minimum absolute atomic E-state index is 1.17. The van der Waals surface area contributed by atoms with E-state index in [1.807, 2.05) is 7.05 Å². The Kier molecular flexibility index (Phi) is 2.72.